The van der Waals surface area contributed by atoms with Gasteiger partial charge in [0, 0.05) is 37.0 Å². The van der Waals surface area contributed by atoms with Crippen molar-refractivity contribution in [1.82, 2.24) is 15.1 Å². The van der Waals surface area contributed by atoms with Gasteiger partial charge in [-0.05, 0) is 62.1 Å². The fraction of sp³-hybridized carbons (Fsp3) is 0.417. The summed E-state index contributed by atoms with van der Waals surface area (Å²) in [5, 5.41) is 9.85. The number of nitrogens with zero attached hydrogens (tertiary/aromatic N) is 3. The second kappa shape index (κ2) is 9.33. The number of hydrogen-bond acceptors (Lipinski definition) is 7. The van der Waals surface area contributed by atoms with Crippen molar-refractivity contribution >= 4 is 21.5 Å². The lowest BCUT2D eigenvalue weighted by Gasteiger charge is -2.54. The molecule has 0 radical (unpaired) electrons. The molecular formula is C24H26FN3O4S2. The molecule has 4 aliphatic rings. The Balaban J connectivity index is 0.000000186. The zero-order valence-corrected chi connectivity index (χ0v) is 20.3. The van der Waals surface area contributed by atoms with Crippen molar-refractivity contribution in [2.45, 2.75) is 30.8 Å². The van der Waals surface area contributed by atoms with E-state index in [1.54, 1.807) is 24.3 Å². The van der Waals surface area contributed by atoms with E-state index in [0.29, 0.717) is 17.0 Å². The summed E-state index contributed by atoms with van der Waals surface area (Å²) in [5.74, 6) is 1.91. The summed E-state index contributed by atoms with van der Waals surface area (Å²) in [5.41, 5.74) is 1.84. The summed E-state index contributed by atoms with van der Waals surface area (Å²) in [4.78, 5) is 2.53. The van der Waals surface area contributed by atoms with E-state index in [2.05, 4.69) is 15.1 Å². The number of aromatic nitrogens is 2. The molecule has 1 saturated carbocycles. The number of rotatable bonds is 4. The third kappa shape index (κ3) is 5.14. The van der Waals surface area contributed by atoms with Crippen LogP contribution in [0.15, 0.2) is 53.4 Å². The van der Waals surface area contributed by atoms with Gasteiger partial charge in [-0.3, -0.25) is 4.55 Å². The zero-order chi connectivity index (χ0) is 23.9. The van der Waals surface area contributed by atoms with E-state index in [1.165, 1.54) is 68.1 Å². The molecule has 2 aromatic carbocycles. The van der Waals surface area contributed by atoms with Gasteiger partial charge in [-0.15, -0.1) is 5.10 Å². The van der Waals surface area contributed by atoms with Crippen LogP contribution in [0.25, 0.3) is 10.6 Å². The van der Waals surface area contributed by atoms with Crippen LogP contribution in [-0.4, -0.2) is 53.8 Å². The number of piperidine rings is 3. The summed E-state index contributed by atoms with van der Waals surface area (Å²) >= 11 is 1.46. The van der Waals surface area contributed by atoms with E-state index >= 15 is 0 Å². The Labute approximate surface area is 202 Å². The van der Waals surface area contributed by atoms with Gasteiger partial charge in [-0.2, -0.15) is 8.42 Å². The first-order valence-corrected chi connectivity index (χ1v) is 13.5. The van der Waals surface area contributed by atoms with Gasteiger partial charge < -0.3 is 9.64 Å². The first-order valence-electron chi connectivity index (χ1n) is 11.3. The average Bonchev–Trinajstić information content (AvgIpc) is 3.25. The third-order valence-electron chi connectivity index (χ3n) is 6.76. The Morgan fingerprint density at radius 3 is 2.24 bits per heavy atom. The molecule has 1 N–H and O–H groups in total. The fourth-order valence-corrected chi connectivity index (χ4v) is 6.57. The summed E-state index contributed by atoms with van der Waals surface area (Å²) in [6.45, 7) is 5.46. The Morgan fingerprint density at radius 2 is 1.65 bits per heavy atom. The van der Waals surface area contributed by atoms with Crippen LogP contribution in [0.5, 0.6) is 5.19 Å². The summed E-state index contributed by atoms with van der Waals surface area (Å²) < 4.78 is 48.8. The lowest BCUT2D eigenvalue weighted by atomic mass is 9.66. The maximum atomic E-state index is 13.0. The molecule has 34 heavy (non-hydrogen) atoms. The van der Waals surface area contributed by atoms with Crippen LogP contribution in [0.4, 0.5) is 4.39 Å². The molecule has 0 amide bonds. The number of benzene rings is 2. The highest BCUT2D eigenvalue weighted by Gasteiger charge is 2.49. The average molecular weight is 504 g/mol. The van der Waals surface area contributed by atoms with Gasteiger partial charge >= 0.3 is 0 Å². The first kappa shape index (κ1) is 23.3. The number of aryl methyl sites for hydroxylation is 1. The Kier molecular flexibility index (Phi) is 6.41. The van der Waals surface area contributed by atoms with Crippen molar-refractivity contribution in [2.75, 3.05) is 19.6 Å². The molecular weight excluding hydrogens is 477 g/mol. The molecule has 1 aromatic heterocycles. The molecule has 4 heterocycles. The van der Waals surface area contributed by atoms with Crippen LogP contribution in [0.2, 0.25) is 0 Å². The van der Waals surface area contributed by atoms with E-state index < -0.39 is 10.1 Å². The lowest BCUT2D eigenvalue weighted by Crippen LogP contribution is -2.61. The topological polar surface area (TPSA) is 92.6 Å². The van der Waals surface area contributed by atoms with Gasteiger partial charge in [0.15, 0.2) is 5.01 Å². The maximum absolute atomic E-state index is 13.0. The molecule has 10 heteroatoms. The fourth-order valence-electron chi connectivity index (χ4n) is 5.35. The highest BCUT2D eigenvalue weighted by Crippen LogP contribution is 2.45. The van der Waals surface area contributed by atoms with Gasteiger partial charge in [0.2, 0.25) is 0 Å². The largest absolute Gasteiger partial charge is 0.465 e. The smallest absolute Gasteiger partial charge is 0.294 e. The van der Waals surface area contributed by atoms with Crippen molar-refractivity contribution in [3.63, 3.8) is 0 Å². The van der Waals surface area contributed by atoms with Crippen LogP contribution >= 0.6 is 11.3 Å². The molecule has 3 saturated heterocycles. The van der Waals surface area contributed by atoms with E-state index in [-0.39, 0.29) is 16.8 Å². The Morgan fingerprint density at radius 1 is 1.00 bits per heavy atom. The standard InChI is InChI=1S/C17H18FN3OS.C7H8O3S/c18-14-3-1-11(2-4-14)16-19-20-17(23-16)22-15-12-5-10-6-13(15)9-21(7-10)8-12;1-6-2-4-7(5-3-6)11(8,9)10/h1-4,10,12-13,15H,5-9H2;2-5H,1H3,(H,8,9,10). The Bertz CT molecular complexity index is 1220. The predicted octanol–water partition coefficient (Wildman–Crippen LogP) is 4.30. The highest BCUT2D eigenvalue weighted by atomic mass is 32.2. The highest BCUT2D eigenvalue weighted by molar-refractivity contribution is 7.85. The lowest BCUT2D eigenvalue weighted by molar-refractivity contribution is -0.0986. The van der Waals surface area contributed by atoms with Crippen molar-refractivity contribution in [2.24, 2.45) is 17.8 Å². The Hall–Kier alpha value is -2.40. The molecule has 1 aliphatic carbocycles. The van der Waals surface area contributed by atoms with Gasteiger partial charge in [0.05, 0.1) is 4.90 Å². The second-order valence-electron chi connectivity index (χ2n) is 9.33. The molecule has 0 spiro atoms. The first-order chi connectivity index (χ1) is 16.2. The van der Waals surface area contributed by atoms with Crippen molar-refractivity contribution < 1.29 is 22.1 Å². The number of ether oxygens (including phenoxy) is 1. The normalized spacial score (nSPS) is 27.2. The maximum Gasteiger partial charge on any atom is 0.294 e. The minimum Gasteiger partial charge on any atom is -0.465 e. The van der Waals surface area contributed by atoms with Gasteiger partial charge in [-0.25, -0.2) is 4.39 Å². The van der Waals surface area contributed by atoms with Crippen molar-refractivity contribution in [1.29, 1.82) is 0 Å². The molecule has 3 aromatic rings. The third-order valence-corrected chi connectivity index (χ3v) is 8.49. The van der Waals surface area contributed by atoms with Crippen LogP contribution in [0.1, 0.15) is 18.4 Å². The number of hydrogen-bond donors (Lipinski definition) is 1. The van der Waals surface area contributed by atoms with E-state index in [0.717, 1.165) is 22.1 Å². The van der Waals surface area contributed by atoms with Gasteiger partial charge in [0.25, 0.3) is 15.3 Å². The van der Waals surface area contributed by atoms with Crippen LogP contribution in [0, 0.1) is 30.5 Å². The molecule has 7 nitrogen and oxygen atoms in total. The van der Waals surface area contributed by atoms with Crippen LogP contribution in [0.3, 0.4) is 0 Å². The quantitative estimate of drug-likeness (QED) is 0.531. The van der Waals surface area contributed by atoms with E-state index in [9.17, 15) is 12.8 Å². The molecule has 4 bridgehead atoms. The van der Waals surface area contributed by atoms with E-state index in [1.807, 2.05) is 6.92 Å². The van der Waals surface area contributed by atoms with Crippen LogP contribution < -0.4 is 4.74 Å². The molecule has 180 valence electrons. The molecule has 7 rings (SSSR count). The minimum absolute atomic E-state index is 0.0666. The number of halogens is 1. The van der Waals surface area contributed by atoms with E-state index in [4.69, 9.17) is 9.29 Å². The minimum atomic E-state index is -4.02. The summed E-state index contributed by atoms with van der Waals surface area (Å²) in [6.07, 6.45) is 2.87. The van der Waals surface area contributed by atoms with Crippen LogP contribution in [-0.2, 0) is 10.1 Å². The molecule has 2 unspecified atom stereocenters. The molecule has 4 fully saturated rings. The molecule has 3 aliphatic heterocycles. The predicted molar refractivity (Wildman–Crippen MR) is 127 cm³/mol. The second-order valence-corrected chi connectivity index (χ2v) is 11.7. The van der Waals surface area contributed by atoms with Gasteiger partial charge in [-0.1, -0.05) is 34.1 Å². The SMILES string of the molecule is Cc1ccc(S(=O)(=O)O)cc1.Fc1ccc(-c2nnc(OC3C4CC5CC3CN(C5)C4)s2)cc1. The van der Waals surface area contributed by atoms with Crippen molar-refractivity contribution in [3.8, 4) is 15.8 Å². The van der Waals surface area contributed by atoms with Crippen molar-refractivity contribution in [3.05, 3.63) is 59.9 Å². The molecule has 2 atom stereocenters. The van der Waals surface area contributed by atoms with Gasteiger partial charge in [0.1, 0.15) is 11.9 Å². The monoisotopic (exact) mass is 503 g/mol. The summed E-state index contributed by atoms with van der Waals surface area (Å²) in [7, 11) is -4.02. The zero-order valence-electron chi connectivity index (χ0n) is 18.7. The summed E-state index contributed by atoms with van der Waals surface area (Å²) in [6, 6.07) is 12.3.